The van der Waals surface area contributed by atoms with Gasteiger partial charge < -0.3 is 10.5 Å². The van der Waals surface area contributed by atoms with Gasteiger partial charge in [0.15, 0.2) is 0 Å². The van der Waals surface area contributed by atoms with Crippen LogP contribution in [0, 0.1) is 0 Å². The second kappa shape index (κ2) is 6.27. The molecule has 2 aromatic rings. The Labute approximate surface area is 133 Å². The van der Waals surface area contributed by atoms with E-state index in [4.69, 9.17) is 10.5 Å². The molecule has 1 unspecified atom stereocenters. The molecule has 118 valence electrons. The Morgan fingerprint density at radius 1 is 1.14 bits per heavy atom. The topological polar surface area (TPSA) is 38.5 Å². The van der Waals surface area contributed by atoms with E-state index in [1.165, 1.54) is 16.3 Å². The number of likely N-dealkylation sites (N-methyl/N-ethyl adjacent to an activating group) is 1. The fourth-order valence-electron chi connectivity index (χ4n) is 3.94. The quantitative estimate of drug-likeness (QED) is 0.939. The van der Waals surface area contributed by atoms with Gasteiger partial charge in [-0.3, -0.25) is 4.90 Å². The van der Waals surface area contributed by atoms with E-state index in [0.29, 0.717) is 6.54 Å². The Kier molecular flexibility index (Phi) is 4.37. The summed E-state index contributed by atoms with van der Waals surface area (Å²) in [7, 11) is 0. The molecule has 0 aromatic heterocycles. The maximum Gasteiger partial charge on any atom is 0.132 e. The Morgan fingerprint density at radius 2 is 1.91 bits per heavy atom. The molecular formula is C19H26N2O. The molecule has 0 saturated carbocycles. The molecular weight excluding hydrogens is 272 g/mol. The molecule has 3 nitrogen and oxygen atoms in total. The minimum atomic E-state index is -0.112. The summed E-state index contributed by atoms with van der Waals surface area (Å²) in [6, 6.07) is 12.9. The van der Waals surface area contributed by atoms with E-state index in [-0.39, 0.29) is 5.54 Å². The van der Waals surface area contributed by atoms with Crippen LogP contribution < -0.4 is 10.5 Å². The van der Waals surface area contributed by atoms with E-state index in [1.54, 1.807) is 0 Å². The Bertz CT molecular complexity index is 651. The zero-order valence-electron chi connectivity index (χ0n) is 13.6. The minimum absolute atomic E-state index is 0.112. The molecule has 22 heavy (non-hydrogen) atoms. The van der Waals surface area contributed by atoms with Crippen LogP contribution in [0.4, 0.5) is 0 Å². The predicted molar refractivity (Wildman–Crippen MR) is 92.3 cm³/mol. The van der Waals surface area contributed by atoms with Gasteiger partial charge in [0.2, 0.25) is 0 Å². The summed E-state index contributed by atoms with van der Waals surface area (Å²) < 4.78 is 6.18. The third-order valence-electron chi connectivity index (χ3n) is 5.07. The van der Waals surface area contributed by atoms with Crippen LogP contribution in [0.2, 0.25) is 0 Å². The summed E-state index contributed by atoms with van der Waals surface area (Å²) in [6.07, 6.45) is 2.09. The van der Waals surface area contributed by atoms with Crippen molar-refractivity contribution in [3.05, 3.63) is 42.0 Å². The predicted octanol–water partition coefficient (Wildman–Crippen LogP) is 3.51. The maximum absolute atomic E-state index is 6.32. The highest BCUT2D eigenvalue weighted by molar-refractivity contribution is 5.90. The molecule has 1 aliphatic rings. The minimum Gasteiger partial charge on any atom is -0.493 e. The summed E-state index contributed by atoms with van der Waals surface area (Å²) in [5.74, 6) is 1.04. The number of fused-ring (bicyclic) bond motifs is 3. The Morgan fingerprint density at radius 3 is 2.64 bits per heavy atom. The van der Waals surface area contributed by atoms with Gasteiger partial charge in [-0.2, -0.15) is 0 Å². The standard InChI is InChI=1S/C19H26N2O/c1-3-21(4-2)19(14-20)12-7-13-22-18-16-9-6-5-8-15(16)10-11-17(18)19/h5-6,8-11H,3-4,7,12-14,20H2,1-2H3. The number of hydrogen-bond donors (Lipinski definition) is 1. The molecule has 2 N–H and O–H groups in total. The third-order valence-corrected chi connectivity index (χ3v) is 5.07. The first-order valence-corrected chi connectivity index (χ1v) is 8.37. The number of hydrogen-bond acceptors (Lipinski definition) is 3. The van der Waals surface area contributed by atoms with Crippen molar-refractivity contribution in [1.29, 1.82) is 0 Å². The van der Waals surface area contributed by atoms with Crippen molar-refractivity contribution in [2.24, 2.45) is 5.73 Å². The van der Waals surface area contributed by atoms with E-state index < -0.39 is 0 Å². The highest BCUT2D eigenvalue weighted by Gasteiger charge is 2.39. The van der Waals surface area contributed by atoms with Gasteiger partial charge in [-0.05, 0) is 31.3 Å². The summed E-state index contributed by atoms with van der Waals surface area (Å²) in [5, 5.41) is 2.43. The van der Waals surface area contributed by atoms with Gasteiger partial charge in [0.25, 0.3) is 0 Å². The fourth-order valence-corrected chi connectivity index (χ4v) is 3.94. The van der Waals surface area contributed by atoms with Gasteiger partial charge in [-0.15, -0.1) is 0 Å². The van der Waals surface area contributed by atoms with E-state index in [1.807, 2.05) is 0 Å². The average molecular weight is 298 g/mol. The molecule has 1 aliphatic heterocycles. The van der Waals surface area contributed by atoms with Crippen LogP contribution in [0.5, 0.6) is 5.75 Å². The van der Waals surface area contributed by atoms with Gasteiger partial charge in [0, 0.05) is 17.5 Å². The summed E-state index contributed by atoms with van der Waals surface area (Å²) in [4.78, 5) is 2.50. The molecule has 0 radical (unpaired) electrons. The Balaban J connectivity index is 2.26. The third kappa shape index (κ3) is 2.29. The number of benzene rings is 2. The zero-order chi connectivity index (χ0) is 15.6. The summed E-state index contributed by atoms with van der Waals surface area (Å²) in [5.41, 5.74) is 7.47. The maximum atomic E-state index is 6.32. The SMILES string of the molecule is CCN(CC)C1(CN)CCCOc2c1ccc1ccccc21. The largest absolute Gasteiger partial charge is 0.493 e. The van der Waals surface area contributed by atoms with Crippen LogP contribution in [0.3, 0.4) is 0 Å². The summed E-state index contributed by atoms with van der Waals surface area (Å²) in [6.45, 7) is 7.83. The molecule has 0 bridgehead atoms. The number of nitrogens with two attached hydrogens (primary N) is 1. The van der Waals surface area contributed by atoms with Crippen LogP contribution in [-0.2, 0) is 5.54 Å². The highest BCUT2D eigenvalue weighted by atomic mass is 16.5. The van der Waals surface area contributed by atoms with Crippen molar-refractivity contribution in [2.75, 3.05) is 26.2 Å². The monoisotopic (exact) mass is 298 g/mol. The lowest BCUT2D eigenvalue weighted by Gasteiger charge is -2.42. The lowest BCUT2D eigenvalue weighted by Crippen LogP contribution is -2.51. The molecule has 0 amide bonds. The van der Waals surface area contributed by atoms with Crippen LogP contribution in [0.25, 0.3) is 10.8 Å². The van der Waals surface area contributed by atoms with Gasteiger partial charge in [0.1, 0.15) is 5.75 Å². The molecule has 0 fully saturated rings. The molecule has 0 aliphatic carbocycles. The number of rotatable bonds is 4. The second-order valence-electron chi connectivity index (χ2n) is 6.02. The van der Waals surface area contributed by atoms with Crippen molar-refractivity contribution in [2.45, 2.75) is 32.2 Å². The van der Waals surface area contributed by atoms with E-state index in [9.17, 15) is 0 Å². The molecule has 3 heteroatoms. The van der Waals surface area contributed by atoms with Crippen molar-refractivity contribution < 1.29 is 4.74 Å². The van der Waals surface area contributed by atoms with Crippen LogP contribution >= 0.6 is 0 Å². The molecule has 2 aromatic carbocycles. The highest BCUT2D eigenvalue weighted by Crippen LogP contribution is 2.43. The first-order valence-electron chi connectivity index (χ1n) is 8.37. The average Bonchev–Trinajstić information content (AvgIpc) is 2.76. The molecule has 1 heterocycles. The molecule has 3 rings (SSSR count). The van der Waals surface area contributed by atoms with Crippen LogP contribution in [0.15, 0.2) is 36.4 Å². The van der Waals surface area contributed by atoms with Gasteiger partial charge >= 0.3 is 0 Å². The summed E-state index contributed by atoms with van der Waals surface area (Å²) >= 11 is 0. The Hall–Kier alpha value is -1.58. The van der Waals surface area contributed by atoms with Crippen molar-refractivity contribution >= 4 is 10.8 Å². The number of nitrogens with zero attached hydrogens (tertiary/aromatic N) is 1. The first-order chi connectivity index (χ1) is 10.8. The molecule has 0 saturated heterocycles. The molecule has 0 spiro atoms. The lowest BCUT2D eigenvalue weighted by atomic mass is 9.82. The first kappa shape index (κ1) is 15.3. The van der Waals surface area contributed by atoms with E-state index in [0.717, 1.165) is 38.3 Å². The van der Waals surface area contributed by atoms with Gasteiger partial charge in [0.05, 0.1) is 12.1 Å². The van der Waals surface area contributed by atoms with Crippen molar-refractivity contribution in [3.63, 3.8) is 0 Å². The van der Waals surface area contributed by atoms with E-state index >= 15 is 0 Å². The van der Waals surface area contributed by atoms with Gasteiger partial charge in [-0.1, -0.05) is 50.2 Å². The smallest absolute Gasteiger partial charge is 0.132 e. The zero-order valence-corrected chi connectivity index (χ0v) is 13.6. The second-order valence-corrected chi connectivity index (χ2v) is 6.02. The molecule has 1 atom stereocenters. The van der Waals surface area contributed by atoms with Crippen molar-refractivity contribution in [1.82, 2.24) is 4.90 Å². The van der Waals surface area contributed by atoms with Crippen LogP contribution in [-0.4, -0.2) is 31.1 Å². The van der Waals surface area contributed by atoms with Crippen LogP contribution in [0.1, 0.15) is 32.3 Å². The fraction of sp³-hybridized carbons (Fsp3) is 0.474. The van der Waals surface area contributed by atoms with E-state index in [2.05, 4.69) is 55.1 Å². The van der Waals surface area contributed by atoms with Gasteiger partial charge in [-0.25, -0.2) is 0 Å². The normalized spacial score (nSPS) is 21.5. The van der Waals surface area contributed by atoms with Crippen molar-refractivity contribution in [3.8, 4) is 5.75 Å². The lowest BCUT2D eigenvalue weighted by molar-refractivity contribution is 0.0954. The number of ether oxygens (including phenoxy) is 1.